The molecule has 1 amide bonds. The Kier molecular flexibility index (Phi) is 6.14. The van der Waals surface area contributed by atoms with Gasteiger partial charge in [-0.3, -0.25) is 4.79 Å². The van der Waals surface area contributed by atoms with Crippen LogP contribution in [0.1, 0.15) is 35.3 Å². The van der Waals surface area contributed by atoms with Crippen molar-refractivity contribution in [1.29, 1.82) is 5.26 Å². The van der Waals surface area contributed by atoms with Crippen LogP contribution >= 0.6 is 0 Å². The van der Waals surface area contributed by atoms with Gasteiger partial charge in [-0.2, -0.15) is 9.57 Å². The molecule has 0 heterocycles. The molecule has 1 N–H and O–H groups in total. The molecule has 0 aliphatic heterocycles. The Labute approximate surface area is 154 Å². The Balaban J connectivity index is 2.34. The third kappa shape index (κ3) is 4.10. The van der Waals surface area contributed by atoms with E-state index in [1.54, 1.807) is 51.1 Å². The summed E-state index contributed by atoms with van der Waals surface area (Å²) in [6.07, 6.45) is 0. The molecule has 0 unspecified atom stereocenters. The molecule has 136 valence electrons. The number of benzene rings is 2. The molecular weight excluding hydrogens is 350 g/mol. The van der Waals surface area contributed by atoms with E-state index in [0.717, 1.165) is 0 Å². The fourth-order valence-corrected chi connectivity index (χ4v) is 4.03. The van der Waals surface area contributed by atoms with Crippen molar-refractivity contribution in [3.63, 3.8) is 0 Å². The van der Waals surface area contributed by atoms with Crippen LogP contribution in [-0.4, -0.2) is 31.7 Å². The Bertz CT molecular complexity index is 941. The fraction of sp³-hybridized carbons (Fsp3) is 0.263. The van der Waals surface area contributed by atoms with E-state index < -0.39 is 15.9 Å². The SMILES string of the molecule is CCN(CC)S(=O)(=O)c1ccc(C)c(C(=O)Nc2ccc(C#N)cc2)c1. The summed E-state index contributed by atoms with van der Waals surface area (Å²) in [5, 5.41) is 11.5. The van der Waals surface area contributed by atoms with Crippen molar-refractivity contribution in [2.24, 2.45) is 0 Å². The van der Waals surface area contributed by atoms with Gasteiger partial charge in [-0.05, 0) is 48.9 Å². The predicted molar refractivity (Wildman–Crippen MR) is 100 cm³/mol. The molecule has 0 aromatic heterocycles. The molecule has 2 aromatic rings. The van der Waals surface area contributed by atoms with E-state index in [1.165, 1.54) is 16.4 Å². The van der Waals surface area contributed by atoms with Crippen molar-refractivity contribution >= 4 is 21.6 Å². The maximum Gasteiger partial charge on any atom is 0.255 e. The molecule has 0 fully saturated rings. The van der Waals surface area contributed by atoms with Gasteiger partial charge >= 0.3 is 0 Å². The van der Waals surface area contributed by atoms with Crippen LogP contribution in [0, 0.1) is 18.3 Å². The summed E-state index contributed by atoms with van der Waals surface area (Å²) in [5.41, 5.74) is 1.99. The normalized spacial score (nSPS) is 11.2. The van der Waals surface area contributed by atoms with Gasteiger partial charge < -0.3 is 5.32 Å². The largest absolute Gasteiger partial charge is 0.322 e. The lowest BCUT2D eigenvalue weighted by molar-refractivity contribution is 0.102. The second-order valence-corrected chi connectivity index (χ2v) is 7.65. The zero-order valence-electron chi connectivity index (χ0n) is 15.0. The minimum atomic E-state index is -3.64. The van der Waals surface area contributed by atoms with Gasteiger partial charge in [0.05, 0.1) is 16.5 Å². The maximum absolute atomic E-state index is 12.7. The first-order valence-corrected chi connectivity index (χ1v) is 9.69. The topological polar surface area (TPSA) is 90.3 Å². The maximum atomic E-state index is 12.7. The third-order valence-electron chi connectivity index (χ3n) is 4.07. The summed E-state index contributed by atoms with van der Waals surface area (Å²) in [5.74, 6) is -0.399. The van der Waals surface area contributed by atoms with Crippen molar-refractivity contribution in [3.05, 3.63) is 59.2 Å². The lowest BCUT2D eigenvalue weighted by atomic mass is 10.1. The zero-order chi connectivity index (χ0) is 19.3. The first kappa shape index (κ1) is 19.6. The van der Waals surface area contributed by atoms with Crippen molar-refractivity contribution in [2.45, 2.75) is 25.7 Å². The monoisotopic (exact) mass is 371 g/mol. The van der Waals surface area contributed by atoms with Crippen LogP contribution in [-0.2, 0) is 10.0 Å². The van der Waals surface area contributed by atoms with E-state index in [4.69, 9.17) is 5.26 Å². The quantitative estimate of drug-likeness (QED) is 0.844. The number of anilines is 1. The van der Waals surface area contributed by atoms with Gasteiger partial charge in [0.2, 0.25) is 10.0 Å². The summed E-state index contributed by atoms with van der Waals surface area (Å²) >= 11 is 0. The predicted octanol–water partition coefficient (Wildman–Crippen LogP) is 3.15. The van der Waals surface area contributed by atoms with Crippen molar-refractivity contribution < 1.29 is 13.2 Å². The standard InChI is InChI=1S/C19H21N3O3S/c1-4-22(5-2)26(24,25)17-11-6-14(3)18(12-17)19(23)21-16-9-7-15(13-20)8-10-16/h6-12H,4-5H2,1-3H3,(H,21,23). The van der Waals surface area contributed by atoms with Gasteiger partial charge in [-0.1, -0.05) is 19.9 Å². The number of hydrogen-bond acceptors (Lipinski definition) is 4. The number of nitrogens with zero attached hydrogens (tertiary/aromatic N) is 2. The number of hydrogen-bond donors (Lipinski definition) is 1. The number of nitrogens with one attached hydrogen (secondary N) is 1. The highest BCUT2D eigenvalue weighted by Gasteiger charge is 2.23. The molecule has 0 aliphatic carbocycles. The summed E-state index contributed by atoms with van der Waals surface area (Å²) in [7, 11) is -3.64. The average Bonchev–Trinajstić information content (AvgIpc) is 2.63. The highest BCUT2D eigenvalue weighted by atomic mass is 32.2. The lowest BCUT2D eigenvalue weighted by Crippen LogP contribution is -2.30. The molecule has 0 saturated carbocycles. The molecule has 0 aliphatic rings. The molecule has 2 rings (SSSR count). The first-order chi connectivity index (χ1) is 12.3. The van der Waals surface area contributed by atoms with Gasteiger partial charge in [0.1, 0.15) is 0 Å². The van der Waals surface area contributed by atoms with Gasteiger partial charge in [0.15, 0.2) is 0 Å². The van der Waals surface area contributed by atoms with Crippen molar-refractivity contribution in [3.8, 4) is 6.07 Å². The summed E-state index contributed by atoms with van der Waals surface area (Å²) < 4.78 is 26.7. The highest BCUT2D eigenvalue weighted by Crippen LogP contribution is 2.21. The Morgan fingerprint density at radius 3 is 2.27 bits per heavy atom. The Hall–Kier alpha value is -2.69. The van der Waals surface area contributed by atoms with Gasteiger partial charge in [-0.15, -0.1) is 0 Å². The smallest absolute Gasteiger partial charge is 0.255 e. The van der Waals surface area contributed by atoms with Crippen molar-refractivity contribution in [2.75, 3.05) is 18.4 Å². The molecule has 0 saturated heterocycles. The summed E-state index contributed by atoms with van der Waals surface area (Å²) in [6, 6.07) is 13.0. The van der Waals surface area contributed by atoms with Crippen LogP contribution in [0.5, 0.6) is 0 Å². The minimum absolute atomic E-state index is 0.0942. The lowest BCUT2D eigenvalue weighted by Gasteiger charge is -2.19. The number of carbonyl (C=O) groups excluding carboxylic acids is 1. The van der Waals surface area contributed by atoms with E-state index in [0.29, 0.717) is 35.5 Å². The van der Waals surface area contributed by atoms with Crippen LogP contribution in [0.4, 0.5) is 5.69 Å². The van der Waals surface area contributed by atoms with Crippen LogP contribution in [0.15, 0.2) is 47.4 Å². The number of nitriles is 1. The van der Waals surface area contributed by atoms with Gasteiger partial charge in [0, 0.05) is 24.3 Å². The van der Waals surface area contributed by atoms with Crippen LogP contribution in [0.25, 0.3) is 0 Å². The number of amides is 1. The van der Waals surface area contributed by atoms with E-state index in [2.05, 4.69) is 5.32 Å². The number of sulfonamides is 1. The van der Waals surface area contributed by atoms with E-state index in [9.17, 15) is 13.2 Å². The summed E-state index contributed by atoms with van der Waals surface area (Å²) in [4.78, 5) is 12.7. The van der Waals surface area contributed by atoms with Crippen LogP contribution in [0.3, 0.4) is 0 Å². The van der Waals surface area contributed by atoms with E-state index in [1.807, 2.05) is 6.07 Å². The highest BCUT2D eigenvalue weighted by molar-refractivity contribution is 7.89. The third-order valence-corrected chi connectivity index (χ3v) is 6.11. The Morgan fingerprint density at radius 2 is 1.73 bits per heavy atom. The Morgan fingerprint density at radius 1 is 1.12 bits per heavy atom. The molecule has 0 radical (unpaired) electrons. The number of rotatable bonds is 6. The average molecular weight is 371 g/mol. The zero-order valence-corrected chi connectivity index (χ0v) is 15.8. The second kappa shape index (κ2) is 8.13. The fourth-order valence-electron chi connectivity index (χ4n) is 2.55. The number of carbonyl (C=O) groups is 1. The van der Waals surface area contributed by atoms with Crippen LogP contribution < -0.4 is 5.32 Å². The summed E-state index contributed by atoms with van der Waals surface area (Å²) in [6.45, 7) is 6.02. The molecule has 0 bridgehead atoms. The minimum Gasteiger partial charge on any atom is -0.322 e. The molecule has 0 atom stereocenters. The molecule has 7 heteroatoms. The first-order valence-electron chi connectivity index (χ1n) is 8.25. The van der Waals surface area contributed by atoms with E-state index in [-0.39, 0.29) is 4.90 Å². The second-order valence-electron chi connectivity index (χ2n) is 5.71. The molecule has 2 aromatic carbocycles. The van der Waals surface area contributed by atoms with Crippen LogP contribution in [0.2, 0.25) is 0 Å². The van der Waals surface area contributed by atoms with E-state index >= 15 is 0 Å². The molecular formula is C19H21N3O3S. The van der Waals surface area contributed by atoms with Gasteiger partial charge in [0.25, 0.3) is 5.91 Å². The number of aryl methyl sites for hydroxylation is 1. The van der Waals surface area contributed by atoms with Gasteiger partial charge in [-0.25, -0.2) is 8.42 Å². The molecule has 26 heavy (non-hydrogen) atoms. The van der Waals surface area contributed by atoms with Crippen molar-refractivity contribution in [1.82, 2.24) is 4.31 Å². The molecule has 6 nitrogen and oxygen atoms in total. The molecule has 0 spiro atoms.